The van der Waals surface area contributed by atoms with Crippen molar-refractivity contribution in [2.45, 2.75) is 27.7 Å². The SMILES string of the molecule is C=C(O)/C=C(C)\C=C/C.Cc1cccnc1.Cc1ccnnc1. The largest absolute Gasteiger partial charge is 0.509 e. The lowest BCUT2D eigenvalue weighted by Gasteiger charge is -1.88. The Balaban J connectivity index is 0.000000318. The molecule has 0 atom stereocenters. The smallest absolute Gasteiger partial charge is 0.108 e. The molecule has 0 saturated heterocycles. The van der Waals surface area contributed by atoms with Crippen molar-refractivity contribution in [3.63, 3.8) is 0 Å². The average molecular weight is 311 g/mol. The molecule has 0 fully saturated rings. The monoisotopic (exact) mass is 311 g/mol. The Labute approximate surface area is 139 Å². The first-order valence-corrected chi connectivity index (χ1v) is 7.24. The van der Waals surface area contributed by atoms with Gasteiger partial charge in [0.1, 0.15) is 5.76 Å². The van der Waals surface area contributed by atoms with Gasteiger partial charge in [0.15, 0.2) is 0 Å². The molecule has 2 rings (SSSR count). The van der Waals surface area contributed by atoms with Crippen molar-refractivity contribution in [1.29, 1.82) is 0 Å². The highest BCUT2D eigenvalue weighted by Gasteiger charge is 1.80. The number of pyridine rings is 1. The Hall–Kier alpha value is -2.75. The second-order valence-corrected chi connectivity index (χ2v) is 4.83. The third kappa shape index (κ3) is 14.0. The van der Waals surface area contributed by atoms with Crippen LogP contribution in [0.1, 0.15) is 25.0 Å². The van der Waals surface area contributed by atoms with Crippen molar-refractivity contribution in [2.24, 2.45) is 0 Å². The molecule has 0 amide bonds. The van der Waals surface area contributed by atoms with E-state index >= 15 is 0 Å². The average Bonchev–Trinajstić information content (AvgIpc) is 2.49. The fourth-order valence-electron chi connectivity index (χ4n) is 1.38. The molecule has 0 spiro atoms. The van der Waals surface area contributed by atoms with Crippen LogP contribution in [0.3, 0.4) is 0 Å². The number of allylic oxidation sites excluding steroid dienone is 4. The van der Waals surface area contributed by atoms with Crippen LogP contribution in [-0.2, 0) is 0 Å². The number of aliphatic hydroxyl groups is 1. The lowest BCUT2D eigenvalue weighted by Crippen LogP contribution is -1.76. The summed E-state index contributed by atoms with van der Waals surface area (Å²) in [5, 5.41) is 15.9. The molecule has 0 radical (unpaired) electrons. The standard InChI is InChI=1S/C8H12O.C6H7N.C5H6N2/c1-4-5-7(2)6-8(3)9;1-6-3-2-4-7-5-6;1-5-2-3-6-7-4-5/h4-6,9H,3H2,1-2H3;2-5H,1H3;2-4H,1H3/b5-4-,7-6-;;. The molecular formula is C19H25N3O. The predicted octanol–water partition coefficient (Wildman–Crippen LogP) is 4.76. The molecule has 122 valence electrons. The molecule has 0 aliphatic rings. The maximum Gasteiger partial charge on any atom is 0.108 e. The van der Waals surface area contributed by atoms with Gasteiger partial charge >= 0.3 is 0 Å². The Bertz CT molecular complexity index is 568. The van der Waals surface area contributed by atoms with Crippen molar-refractivity contribution < 1.29 is 5.11 Å². The van der Waals surface area contributed by atoms with Gasteiger partial charge in [-0.25, -0.2) is 0 Å². The fourth-order valence-corrected chi connectivity index (χ4v) is 1.38. The van der Waals surface area contributed by atoms with Gasteiger partial charge in [0.2, 0.25) is 0 Å². The second kappa shape index (κ2) is 13.0. The molecule has 0 unspecified atom stereocenters. The minimum Gasteiger partial charge on any atom is -0.509 e. The molecule has 4 nitrogen and oxygen atoms in total. The number of rotatable bonds is 2. The quantitative estimate of drug-likeness (QED) is 0.642. The highest BCUT2D eigenvalue weighted by molar-refractivity contribution is 5.22. The summed E-state index contributed by atoms with van der Waals surface area (Å²) in [7, 11) is 0. The van der Waals surface area contributed by atoms with Crippen LogP contribution in [-0.4, -0.2) is 20.3 Å². The van der Waals surface area contributed by atoms with E-state index in [1.807, 2.05) is 64.2 Å². The van der Waals surface area contributed by atoms with Gasteiger partial charge in [-0.1, -0.05) is 24.8 Å². The third-order valence-electron chi connectivity index (χ3n) is 2.37. The van der Waals surface area contributed by atoms with Gasteiger partial charge in [-0.3, -0.25) is 4.98 Å². The van der Waals surface area contributed by atoms with E-state index in [1.54, 1.807) is 24.7 Å². The zero-order valence-electron chi connectivity index (χ0n) is 14.3. The minimum atomic E-state index is 0.102. The molecule has 23 heavy (non-hydrogen) atoms. The minimum absolute atomic E-state index is 0.102. The Morgan fingerprint density at radius 2 is 1.78 bits per heavy atom. The summed E-state index contributed by atoms with van der Waals surface area (Å²) in [5.41, 5.74) is 3.36. The summed E-state index contributed by atoms with van der Waals surface area (Å²) >= 11 is 0. The molecular weight excluding hydrogens is 286 g/mol. The van der Waals surface area contributed by atoms with Crippen LogP contribution in [0.2, 0.25) is 0 Å². The predicted molar refractivity (Wildman–Crippen MR) is 96.1 cm³/mol. The summed E-state index contributed by atoms with van der Waals surface area (Å²) in [4.78, 5) is 3.88. The first-order chi connectivity index (χ1) is 11.0. The van der Waals surface area contributed by atoms with Gasteiger partial charge < -0.3 is 5.11 Å². The van der Waals surface area contributed by atoms with Crippen molar-refractivity contribution in [1.82, 2.24) is 15.2 Å². The maximum atomic E-state index is 8.64. The number of hydrogen-bond donors (Lipinski definition) is 1. The van der Waals surface area contributed by atoms with Crippen molar-refractivity contribution in [3.05, 3.63) is 90.3 Å². The van der Waals surface area contributed by atoms with Crippen molar-refractivity contribution >= 4 is 0 Å². The maximum absolute atomic E-state index is 8.64. The van der Waals surface area contributed by atoms with Gasteiger partial charge in [0.05, 0.1) is 6.20 Å². The molecule has 0 aliphatic carbocycles. The van der Waals surface area contributed by atoms with E-state index < -0.39 is 0 Å². The molecule has 0 aliphatic heterocycles. The Kier molecular flexibility index (Phi) is 11.4. The van der Waals surface area contributed by atoms with E-state index in [2.05, 4.69) is 21.8 Å². The van der Waals surface area contributed by atoms with E-state index in [-0.39, 0.29) is 5.76 Å². The fraction of sp³-hybridized carbons (Fsp3) is 0.211. The van der Waals surface area contributed by atoms with E-state index in [0.29, 0.717) is 0 Å². The van der Waals surface area contributed by atoms with Gasteiger partial charge in [-0.05, 0) is 62.6 Å². The summed E-state index contributed by atoms with van der Waals surface area (Å²) in [6.07, 6.45) is 12.4. The summed E-state index contributed by atoms with van der Waals surface area (Å²) in [5.74, 6) is 0.102. The van der Waals surface area contributed by atoms with Crippen LogP contribution in [0, 0.1) is 13.8 Å². The van der Waals surface area contributed by atoms with E-state index in [4.69, 9.17) is 5.11 Å². The lowest BCUT2D eigenvalue weighted by atomic mass is 10.2. The molecule has 2 aromatic rings. The molecule has 0 saturated carbocycles. The highest BCUT2D eigenvalue weighted by atomic mass is 16.3. The van der Waals surface area contributed by atoms with E-state index in [0.717, 1.165) is 11.1 Å². The topological polar surface area (TPSA) is 58.9 Å². The second-order valence-electron chi connectivity index (χ2n) is 4.83. The number of aryl methyl sites for hydroxylation is 2. The van der Waals surface area contributed by atoms with Crippen LogP contribution >= 0.6 is 0 Å². The third-order valence-corrected chi connectivity index (χ3v) is 2.37. The number of aromatic nitrogens is 3. The van der Waals surface area contributed by atoms with Crippen molar-refractivity contribution in [3.8, 4) is 0 Å². The van der Waals surface area contributed by atoms with E-state index in [9.17, 15) is 0 Å². The van der Waals surface area contributed by atoms with Crippen LogP contribution in [0.15, 0.2) is 79.1 Å². The van der Waals surface area contributed by atoms with Crippen molar-refractivity contribution in [2.75, 3.05) is 0 Å². The number of hydrogen-bond acceptors (Lipinski definition) is 4. The van der Waals surface area contributed by atoms with Crippen LogP contribution in [0.5, 0.6) is 0 Å². The summed E-state index contributed by atoms with van der Waals surface area (Å²) < 4.78 is 0. The van der Waals surface area contributed by atoms with Crippen LogP contribution in [0.25, 0.3) is 0 Å². The molecule has 0 bridgehead atoms. The van der Waals surface area contributed by atoms with Gasteiger partial charge in [-0.2, -0.15) is 10.2 Å². The summed E-state index contributed by atoms with van der Waals surface area (Å²) in [6, 6.07) is 5.86. The molecule has 4 heteroatoms. The molecule has 2 aromatic heterocycles. The highest BCUT2D eigenvalue weighted by Crippen LogP contribution is 1.97. The first-order valence-electron chi connectivity index (χ1n) is 7.24. The van der Waals surface area contributed by atoms with Gasteiger partial charge in [0, 0.05) is 18.6 Å². The number of aliphatic hydroxyl groups excluding tert-OH is 1. The molecule has 1 N–H and O–H groups in total. The number of nitrogens with zero attached hydrogens (tertiary/aromatic N) is 3. The zero-order valence-corrected chi connectivity index (χ0v) is 14.3. The van der Waals surface area contributed by atoms with Gasteiger partial charge in [0.25, 0.3) is 0 Å². The van der Waals surface area contributed by atoms with Crippen LogP contribution in [0.4, 0.5) is 0 Å². The Morgan fingerprint density at radius 1 is 1.09 bits per heavy atom. The molecule has 2 heterocycles. The molecule has 0 aromatic carbocycles. The van der Waals surface area contributed by atoms with Crippen LogP contribution < -0.4 is 0 Å². The zero-order chi connectivity index (χ0) is 17.5. The summed E-state index contributed by atoms with van der Waals surface area (Å²) in [6.45, 7) is 11.2. The van der Waals surface area contributed by atoms with Gasteiger partial charge in [-0.15, -0.1) is 0 Å². The Morgan fingerprint density at radius 3 is 2.09 bits per heavy atom. The normalized spacial score (nSPS) is 10.2. The lowest BCUT2D eigenvalue weighted by molar-refractivity contribution is 0.435. The van der Waals surface area contributed by atoms with E-state index in [1.165, 1.54) is 5.56 Å². The first kappa shape index (κ1) is 20.2.